The maximum atomic E-state index is 3.69. The van der Waals surface area contributed by atoms with Gasteiger partial charge in [-0.05, 0) is 12.0 Å². The van der Waals surface area contributed by atoms with Crippen LogP contribution in [0, 0.1) is 0 Å². The highest BCUT2D eigenvalue weighted by atomic mass is 15.1. The van der Waals surface area contributed by atoms with E-state index in [2.05, 4.69) is 47.9 Å². The molecule has 0 aliphatic carbocycles. The molecule has 1 unspecified atom stereocenters. The van der Waals surface area contributed by atoms with Crippen LogP contribution in [0.25, 0.3) is 0 Å². The molecule has 2 nitrogen and oxygen atoms in total. The topological polar surface area (TPSA) is 24.1 Å². The number of benzene rings is 1. The van der Waals surface area contributed by atoms with Crippen molar-refractivity contribution < 1.29 is 0 Å². The van der Waals surface area contributed by atoms with Crippen molar-refractivity contribution >= 4 is 0 Å². The molecule has 0 aromatic heterocycles. The van der Waals surface area contributed by atoms with E-state index in [9.17, 15) is 0 Å². The number of piperazine rings is 1. The summed E-state index contributed by atoms with van der Waals surface area (Å²) in [5.74, 6) is 0. The van der Waals surface area contributed by atoms with E-state index in [1.54, 1.807) is 0 Å². The monoisotopic (exact) mass is 204 g/mol. The summed E-state index contributed by atoms with van der Waals surface area (Å²) in [5, 5.41) is 7.18. The van der Waals surface area contributed by atoms with E-state index < -0.39 is 0 Å². The van der Waals surface area contributed by atoms with Crippen LogP contribution < -0.4 is 10.6 Å². The van der Waals surface area contributed by atoms with Crippen molar-refractivity contribution in [1.82, 2.24) is 10.6 Å². The van der Waals surface area contributed by atoms with Crippen LogP contribution in [0.5, 0.6) is 0 Å². The van der Waals surface area contributed by atoms with E-state index in [0.717, 1.165) is 19.6 Å². The lowest BCUT2D eigenvalue weighted by Gasteiger charge is -2.39. The third-order valence-corrected chi connectivity index (χ3v) is 3.20. The van der Waals surface area contributed by atoms with Gasteiger partial charge in [0, 0.05) is 19.6 Å². The van der Waals surface area contributed by atoms with E-state index in [4.69, 9.17) is 0 Å². The van der Waals surface area contributed by atoms with Crippen molar-refractivity contribution in [1.29, 1.82) is 0 Å². The number of hydrogen-bond acceptors (Lipinski definition) is 2. The second kappa shape index (κ2) is 4.77. The number of rotatable bonds is 3. The summed E-state index contributed by atoms with van der Waals surface area (Å²) < 4.78 is 0. The van der Waals surface area contributed by atoms with Gasteiger partial charge in [-0.25, -0.2) is 0 Å². The van der Waals surface area contributed by atoms with Gasteiger partial charge in [-0.3, -0.25) is 0 Å². The molecule has 1 atom stereocenters. The van der Waals surface area contributed by atoms with Gasteiger partial charge in [-0.15, -0.1) is 0 Å². The molecule has 1 aliphatic heterocycles. The Balaban J connectivity index is 2.25. The molecule has 2 N–H and O–H groups in total. The quantitative estimate of drug-likeness (QED) is 0.785. The van der Waals surface area contributed by atoms with Gasteiger partial charge in [0.25, 0.3) is 0 Å². The van der Waals surface area contributed by atoms with Crippen LogP contribution in [0.1, 0.15) is 25.3 Å². The van der Waals surface area contributed by atoms with Crippen LogP contribution >= 0.6 is 0 Å². The Morgan fingerprint density at radius 2 is 2.00 bits per heavy atom. The fraction of sp³-hybridized carbons (Fsp3) is 0.538. The average molecular weight is 204 g/mol. The van der Waals surface area contributed by atoms with Crippen LogP contribution in [0.2, 0.25) is 0 Å². The molecule has 15 heavy (non-hydrogen) atoms. The predicted octanol–water partition coefficient (Wildman–Crippen LogP) is 1.87. The predicted molar refractivity (Wildman–Crippen MR) is 63.9 cm³/mol. The molecule has 2 heteroatoms. The molecular formula is C13H20N2. The van der Waals surface area contributed by atoms with Crippen molar-refractivity contribution in [2.24, 2.45) is 0 Å². The van der Waals surface area contributed by atoms with Crippen LogP contribution in [0.3, 0.4) is 0 Å². The first-order valence-electron chi connectivity index (χ1n) is 5.89. The third-order valence-electron chi connectivity index (χ3n) is 3.20. The van der Waals surface area contributed by atoms with E-state index in [1.807, 2.05) is 0 Å². The van der Waals surface area contributed by atoms with Gasteiger partial charge < -0.3 is 10.6 Å². The summed E-state index contributed by atoms with van der Waals surface area (Å²) in [6.07, 6.45) is 2.41. The summed E-state index contributed by atoms with van der Waals surface area (Å²) in [6.45, 7) is 5.44. The molecule has 1 aromatic carbocycles. The Morgan fingerprint density at radius 1 is 1.20 bits per heavy atom. The molecule has 0 radical (unpaired) electrons. The largest absolute Gasteiger partial charge is 0.313 e. The summed E-state index contributed by atoms with van der Waals surface area (Å²) in [7, 11) is 0. The van der Waals surface area contributed by atoms with Crippen molar-refractivity contribution in [2.45, 2.75) is 25.3 Å². The first kappa shape index (κ1) is 10.7. The van der Waals surface area contributed by atoms with Gasteiger partial charge in [-0.1, -0.05) is 43.7 Å². The Bertz CT molecular complexity index is 283. The number of nitrogens with one attached hydrogen (secondary N) is 2. The molecule has 0 amide bonds. The lowest BCUT2D eigenvalue weighted by molar-refractivity contribution is 0.256. The molecule has 1 aromatic rings. The van der Waals surface area contributed by atoms with Crippen molar-refractivity contribution in [3.63, 3.8) is 0 Å². The molecule has 82 valence electrons. The smallest absolute Gasteiger partial charge is 0.0561 e. The average Bonchev–Trinajstić information content (AvgIpc) is 2.32. The van der Waals surface area contributed by atoms with Crippen molar-refractivity contribution in [3.8, 4) is 0 Å². The molecule has 1 saturated heterocycles. The molecule has 1 heterocycles. The molecule has 0 bridgehead atoms. The van der Waals surface area contributed by atoms with Crippen LogP contribution in [-0.2, 0) is 5.54 Å². The van der Waals surface area contributed by atoms with Gasteiger partial charge in [0.15, 0.2) is 0 Å². The maximum absolute atomic E-state index is 3.69. The van der Waals surface area contributed by atoms with E-state index in [0.29, 0.717) is 0 Å². The third kappa shape index (κ3) is 2.21. The molecule has 1 aliphatic rings. The lowest BCUT2D eigenvalue weighted by Crippen LogP contribution is -2.56. The van der Waals surface area contributed by atoms with Gasteiger partial charge >= 0.3 is 0 Å². The zero-order valence-corrected chi connectivity index (χ0v) is 9.42. The minimum atomic E-state index is 0.161. The fourth-order valence-corrected chi connectivity index (χ4v) is 2.46. The van der Waals surface area contributed by atoms with Crippen LogP contribution in [0.15, 0.2) is 30.3 Å². The van der Waals surface area contributed by atoms with E-state index in [-0.39, 0.29) is 5.54 Å². The van der Waals surface area contributed by atoms with Gasteiger partial charge in [0.2, 0.25) is 0 Å². The second-order valence-electron chi connectivity index (χ2n) is 4.30. The van der Waals surface area contributed by atoms with Crippen LogP contribution in [-0.4, -0.2) is 19.6 Å². The summed E-state index contributed by atoms with van der Waals surface area (Å²) in [6, 6.07) is 10.8. The lowest BCUT2D eigenvalue weighted by atomic mass is 9.84. The fourth-order valence-electron chi connectivity index (χ4n) is 2.46. The summed E-state index contributed by atoms with van der Waals surface area (Å²) in [5.41, 5.74) is 1.58. The summed E-state index contributed by atoms with van der Waals surface area (Å²) in [4.78, 5) is 0. The van der Waals surface area contributed by atoms with Gasteiger partial charge in [0.1, 0.15) is 0 Å². The van der Waals surface area contributed by atoms with Gasteiger partial charge in [0.05, 0.1) is 5.54 Å². The maximum Gasteiger partial charge on any atom is 0.0561 e. The van der Waals surface area contributed by atoms with Gasteiger partial charge in [-0.2, -0.15) is 0 Å². The first-order valence-corrected chi connectivity index (χ1v) is 5.89. The number of hydrogen-bond donors (Lipinski definition) is 2. The Kier molecular flexibility index (Phi) is 3.39. The molecule has 1 fully saturated rings. The SMILES string of the molecule is CCCC1(c2ccccc2)CNCCN1. The molecule has 2 rings (SSSR count). The highest BCUT2D eigenvalue weighted by Crippen LogP contribution is 2.26. The molecule has 0 spiro atoms. The highest BCUT2D eigenvalue weighted by Gasteiger charge is 2.32. The summed E-state index contributed by atoms with van der Waals surface area (Å²) >= 11 is 0. The molecular weight excluding hydrogens is 184 g/mol. The van der Waals surface area contributed by atoms with Crippen molar-refractivity contribution in [2.75, 3.05) is 19.6 Å². The van der Waals surface area contributed by atoms with Crippen LogP contribution in [0.4, 0.5) is 0 Å². The van der Waals surface area contributed by atoms with Crippen molar-refractivity contribution in [3.05, 3.63) is 35.9 Å². The first-order chi connectivity index (χ1) is 7.37. The Morgan fingerprint density at radius 3 is 2.60 bits per heavy atom. The highest BCUT2D eigenvalue weighted by molar-refractivity contribution is 5.25. The van der Waals surface area contributed by atoms with E-state index >= 15 is 0 Å². The Labute approximate surface area is 92.1 Å². The minimum absolute atomic E-state index is 0.161. The zero-order chi connectivity index (χ0) is 10.6. The second-order valence-corrected chi connectivity index (χ2v) is 4.30. The normalized spacial score (nSPS) is 26.5. The standard InChI is InChI=1S/C13H20N2/c1-2-8-13(11-14-9-10-15-13)12-6-4-3-5-7-12/h3-7,14-15H,2,8-11H2,1H3. The minimum Gasteiger partial charge on any atom is -0.313 e. The Hall–Kier alpha value is -0.860. The van der Waals surface area contributed by atoms with E-state index in [1.165, 1.54) is 18.4 Å². The molecule has 0 saturated carbocycles. The zero-order valence-electron chi connectivity index (χ0n) is 9.42.